The van der Waals surface area contributed by atoms with Crippen LogP contribution in [0.2, 0.25) is 0 Å². The second-order valence-corrected chi connectivity index (χ2v) is 4.13. The number of hydrogen-bond donors (Lipinski definition) is 1. The van der Waals surface area contributed by atoms with Gasteiger partial charge in [0.1, 0.15) is 5.75 Å². The van der Waals surface area contributed by atoms with Crippen molar-refractivity contribution in [1.29, 1.82) is 0 Å². The number of benzene rings is 1. The molecule has 0 radical (unpaired) electrons. The van der Waals surface area contributed by atoms with Gasteiger partial charge in [-0.2, -0.15) is 5.10 Å². The summed E-state index contributed by atoms with van der Waals surface area (Å²) in [6, 6.07) is 6.08. The highest BCUT2D eigenvalue weighted by atomic mass is 16.5. The molecule has 0 aliphatic carbocycles. The maximum absolute atomic E-state index is 5.80. The summed E-state index contributed by atoms with van der Waals surface area (Å²) in [4.78, 5) is 0. The molecule has 16 heavy (non-hydrogen) atoms. The topological polar surface area (TPSA) is 53.1 Å². The molecule has 2 N–H and O–H groups in total. The molecular formula is C12H17N3O. The van der Waals surface area contributed by atoms with Gasteiger partial charge in [0.05, 0.1) is 24.9 Å². The first-order chi connectivity index (χ1) is 7.61. The highest BCUT2D eigenvalue weighted by Crippen LogP contribution is 2.23. The first-order valence-electron chi connectivity index (χ1n) is 5.38. The number of aryl methyl sites for hydroxylation is 1. The molecule has 0 amide bonds. The van der Waals surface area contributed by atoms with E-state index in [4.69, 9.17) is 10.5 Å². The lowest BCUT2D eigenvalue weighted by Gasteiger charge is -2.07. The molecule has 1 aromatic carbocycles. The van der Waals surface area contributed by atoms with Gasteiger partial charge in [0.15, 0.2) is 0 Å². The Kier molecular flexibility index (Phi) is 2.83. The van der Waals surface area contributed by atoms with Crippen LogP contribution in [0.25, 0.3) is 10.9 Å². The predicted octanol–water partition coefficient (Wildman–Crippen LogP) is 1.70. The fourth-order valence-electron chi connectivity index (χ4n) is 1.86. The quantitative estimate of drug-likeness (QED) is 0.854. The third kappa shape index (κ3) is 1.88. The zero-order chi connectivity index (χ0) is 11.7. The number of hydrogen-bond acceptors (Lipinski definition) is 3. The zero-order valence-corrected chi connectivity index (χ0v) is 9.90. The van der Waals surface area contributed by atoms with Crippen LogP contribution in [0.4, 0.5) is 0 Å². The Morgan fingerprint density at radius 1 is 1.50 bits per heavy atom. The van der Waals surface area contributed by atoms with E-state index >= 15 is 0 Å². The van der Waals surface area contributed by atoms with E-state index in [1.54, 1.807) is 7.11 Å². The number of methoxy groups -OCH3 is 1. The van der Waals surface area contributed by atoms with Crippen LogP contribution in [0.15, 0.2) is 18.2 Å². The predicted molar refractivity (Wildman–Crippen MR) is 64.7 cm³/mol. The van der Waals surface area contributed by atoms with E-state index < -0.39 is 0 Å². The first-order valence-corrected chi connectivity index (χ1v) is 5.38. The number of rotatable bonds is 3. The number of nitrogens with two attached hydrogens (primary N) is 1. The summed E-state index contributed by atoms with van der Waals surface area (Å²) in [7, 11) is 1.67. The maximum atomic E-state index is 5.80. The lowest BCUT2D eigenvalue weighted by molar-refractivity contribution is 0.415. The van der Waals surface area contributed by atoms with E-state index in [1.807, 2.05) is 36.7 Å². The molecule has 86 valence electrons. The molecule has 2 aromatic rings. The van der Waals surface area contributed by atoms with Crippen LogP contribution in [-0.2, 0) is 6.54 Å². The van der Waals surface area contributed by atoms with Crippen LogP contribution < -0.4 is 10.5 Å². The van der Waals surface area contributed by atoms with Gasteiger partial charge >= 0.3 is 0 Å². The van der Waals surface area contributed by atoms with E-state index in [0.717, 1.165) is 28.9 Å². The number of fused-ring (bicyclic) bond motifs is 1. The Morgan fingerprint density at radius 3 is 2.88 bits per heavy atom. The number of nitrogens with zero attached hydrogens (tertiary/aromatic N) is 2. The highest BCUT2D eigenvalue weighted by molar-refractivity contribution is 5.83. The summed E-state index contributed by atoms with van der Waals surface area (Å²) in [5.41, 5.74) is 7.91. The van der Waals surface area contributed by atoms with Crippen molar-refractivity contribution in [2.75, 3.05) is 7.11 Å². The van der Waals surface area contributed by atoms with Crippen molar-refractivity contribution in [3.05, 3.63) is 23.9 Å². The molecule has 1 heterocycles. The van der Waals surface area contributed by atoms with Gasteiger partial charge in [-0.1, -0.05) is 0 Å². The number of aromatic nitrogens is 2. The van der Waals surface area contributed by atoms with E-state index in [-0.39, 0.29) is 6.04 Å². The summed E-state index contributed by atoms with van der Waals surface area (Å²) < 4.78 is 7.16. The largest absolute Gasteiger partial charge is 0.497 e. The molecule has 1 atom stereocenters. The molecule has 0 fully saturated rings. The lowest BCUT2D eigenvalue weighted by Crippen LogP contribution is -2.22. The van der Waals surface area contributed by atoms with Gasteiger partial charge in [0, 0.05) is 17.5 Å². The minimum Gasteiger partial charge on any atom is -0.497 e. The van der Waals surface area contributed by atoms with Crippen LogP contribution in [0, 0.1) is 6.92 Å². The number of ether oxygens (including phenoxy) is 1. The minimum atomic E-state index is 0.0914. The zero-order valence-electron chi connectivity index (χ0n) is 9.90. The first kappa shape index (κ1) is 11.0. The fraction of sp³-hybridized carbons (Fsp3) is 0.417. The molecule has 0 spiro atoms. The summed E-state index contributed by atoms with van der Waals surface area (Å²) in [5.74, 6) is 0.846. The SMILES string of the molecule is COc1ccc2c(C)nn(CC(C)N)c2c1. The molecular weight excluding hydrogens is 202 g/mol. The molecule has 2 rings (SSSR count). The van der Waals surface area contributed by atoms with Gasteiger partial charge in [0.2, 0.25) is 0 Å². The lowest BCUT2D eigenvalue weighted by atomic mass is 10.2. The van der Waals surface area contributed by atoms with Crippen LogP contribution in [-0.4, -0.2) is 22.9 Å². The van der Waals surface area contributed by atoms with Gasteiger partial charge in [-0.3, -0.25) is 4.68 Å². The summed E-state index contributed by atoms with van der Waals surface area (Å²) in [6.07, 6.45) is 0. The second kappa shape index (κ2) is 4.14. The molecule has 4 nitrogen and oxygen atoms in total. The van der Waals surface area contributed by atoms with Crippen molar-refractivity contribution in [1.82, 2.24) is 9.78 Å². The Labute approximate surface area is 95.0 Å². The molecule has 0 aliphatic heterocycles. The maximum Gasteiger partial charge on any atom is 0.121 e. The van der Waals surface area contributed by atoms with Crippen LogP contribution in [0.5, 0.6) is 5.75 Å². The van der Waals surface area contributed by atoms with Crippen LogP contribution >= 0.6 is 0 Å². The molecule has 1 unspecified atom stereocenters. The molecule has 0 aliphatic rings. The Balaban J connectivity index is 2.56. The minimum absolute atomic E-state index is 0.0914. The fourth-order valence-corrected chi connectivity index (χ4v) is 1.86. The van der Waals surface area contributed by atoms with E-state index in [2.05, 4.69) is 5.10 Å². The van der Waals surface area contributed by atoms with Crippen molar-refractivity contribution in [2.24, 2.45) is 5.73 Å². The highest BCUT2D eigenvalue weighted by Gasteiger charge is 2.09. The van der Waals surface area contributed by atoms with Gasteiger partial charge < -0.3 is 10.5 Å². The molecule has 0 bridgehead atoms. The average molecular weight is 219 g/mol. The van der Waals surface area contributed by atoms with Crippen molar-refractivity contribution in [2.45, 2.75) is 26.4 Å². The molecule has 0 saturated heterocycles. The summed E-state index contributed by atoms with van der Waals surface area (Å²) in [5, 5.41) is 5.64. The van der Waals surface area contributed by atoms with E-state index in [0.29, 0.717) is 0 Å². The Morgan fingerprint density at radius 2 is 2.25 bits per heavy atom. The summed E-state index contributed by atoms with van der Waals surface area (Å²) in [6.45, 7) is 4.70. The monoisotopic (exact) mass is 219 g/mol. The smallest absolute Gasteiger partial charge is 0.121 e. The molecule has 4 heteroatoms. The Bertz CT molecular complexity index is 502. The van der Waals surface area contributed by atoms with E-state index in [9.17, 15) is 0 Å². The third-order valence-electron chi connectivity index (χ3n) is 2.60. The van der Waals surface area contributed by atoms with Crippen molar-refractivity contribution in [3.63, 3.8) is 0 Å². The van der Waals surface area contributed by atoms with Crippen molar-refractivity contribution in [3.8, 4) is 5.75 Å². The van der Waals surface area contributed by atoms with Gasteiger partial charge in [-0.15, -0.1) is 0 Å². The normalized spacial score (nSPS) is 13.0. The van der Waals surface area contributed by atoms with Gasteiger partial charge in [-0.25, -0.2) is 0 Å². The Hall–Kier alpha value is -1.55. The van der Waals surface area contributed by atoms with Crippen molar-refractivity contribution < 1.29 is 4.74 Å². The standard InChI is InChI=1S/C12H17N3O/c1-8(13)7-15-12-6-10(16-3)4-5-11(12)9(2)14-15/h4-6,8H,7,13H2,1-3H3. The van der Waals surface area contributed by atoms with Crippen molar-refractivity contribution >= 4 is 10.9 Å². The summed E-state index contributed by atoms with van der Waals surface area (Å²) >= 11 is 0. The van der Waals surface area contributed by atoms with Gasteiger partial charge in [0.25, 0.3) is 0 Å². The van der Waals surface area contributed by atoms with Crippen LogP contribution in [0.1, 0.15) is 12.6 Å². The third-order valence-corrected chi connectivity index (χ3v) is 2.60. The van der Waals surface area contributed by atoms with E-state index in [1.165, 1.54) is 0 Å². The molecule has 0 saturated carbocycles. The second-order valence-electron chi connectivity index (χ2n) is 4.13. The average Bonchev–Trinajstić information content (AvgIpc) is 2.54. The molecule has 1 aromatic heterocycles. The van der Waals surface area contributed by atoms with Gasteiger partial charge in [-0.05, 0) is 26.0 Å². The van der Waals surface area contributed by atoms with Crippen LogP contribution in [0.3, 0.4) is 0 Å².